The molecule has 0 radical (unpaired) electrons. The first kappa shape index (κ1) is 15.5. The van der Waals surface area contributed by atoms with Crippen LogP contribution in [0.5, 0.6) is 0 Å². The average Bonchev–Trinajstić information content (AvgIpc) is 3.05. The van der Waals surface area contributed by atoms with E-state index in [1.165, 1.54) is 0 Å². The third kappa shape index (κ3) is 3.24. The highest BCUT2D eigenvalue weighted by molar-refractivity contribution is 7.89. The molecule has 1 N–H and O–H groups in total. The maximum atomic E-state index is 12.5. The number of rotatable bonds is 6. The summed E-state index contributed by atoms with van der Waals surface area (Å²) in [7, 11) is -3.47. The molecule has 1 saturated heterocycles. The van der Waals surface area contributed by atoms with Crippen LogP contribution in [-0.4, -0.2) is 32.4 Å². The van der Waals surface area contributed by atoms with Crippen molar-refractivity contribution in [1.82, 2.24) is 9.62 Å². The Labute approximate surface area is 121 Å². The molecule has 0 aliphatic carbocycles. The van der Waals surface area contributed by atoms with Crippen molar-refractivity contribution in [2.75, 3.05) is 19.6 Å². The first-order valence-electron chi connectivity index (χ1n) is 7.24. The van der Waals surface area contributed by atoms with Crippen molar-refractivity contribution in [1.29, 1.82) is 0 Å². The van der Waals surface area contributed by atoms with Crippen molar-refractivity contribution >= 4 is 10.0 Å². The van der Waals surface area contributed by atoms with E-state index in [9.17, 15) is 8.42 Å². The largest absolute Gasteiger partial charge is 0.447 e. The number of hydrogen-bond donors (Lipinski definition) is 1. The Bertz CT molecular complexity index is 536. The first-order chi connectivity index (χ1) is 9.45. The second-order valence-corrected chi connectivity index (χ2v) is 7.53. The molecule has 2 rings (SSSR count). The molecular weight excluding hydrogens is 276 g/mol. The van der Waals surface area contributed by atoms with Crippen LogP contribution in [0, 0.1) is 11.8 Å². The number of nitrogens with one attached hydrogen (secondary N) is 1. The highest BCUT2D eigenvalue weighted by Crippen LogP contribution is 2.29. The van der Waals surface area contributed by atoms with Crippen LogP contribution in [0.3, 0.4) is 0 Å². The number of furan rings is 1. The smallest absolute Gasteiger partial charge is 0.276 e. The van der Waals surface area contributed by atoms with Crippen molar-refractivity contribution in [2.45, 2.75) is 38.8 Å². The molecule has 20 heavy (non-hydrogen) atoms. The van der Waals surface area contributed by atoms with E-state index in [2.05, 4.69) is 19.2 Å². The normalized spacial score (nSPS) is 20.9. The standard InChI is InChI=1S/C14H24N2O3S/c1-4-15-9-13-5-6-14(19-13)20(17,18)16-8-7-12(10-16)11(2)3/h5-6,11-12,15H,4,7-10H2,1-3H3. The van der Waals surface area contributed by atoms with Gasteiger partial charge in [-0.1, -0.05) is 20.8 Å². The predicted molar refractivity (Wildman–Crippen MR) is 77.8 cm³/mol. The van der Waals surface area contributed by atoms with Gasteiger partial charge in [0.05, 0.1) is 6.54 Å². The molecule has 1 aromatic rings. The lowest BCUT2D eigenvalue weighted by Gasteiger charge is -2.16. The van der Waals surface area contributed by atoms with E-state index in [0.29, 0.717) is 37.2 Å². The summed E-state index contributed by atoms with van der Waals surface area (Å²) >= 11 is 0. The molecule has 1 aliphatic heterocycles. The van der Waals surface area contributed by atoms with Crippen molar-refractivity contribution in [3.05, 3.63) is 17.9 Å². The lowest BCUT2D eigenvalue weighted by molar-refractivity contribution is 0.365. The van der Waals surface area contributed by atoms with Crippen molar-refractivity contribution in [3.8, 4) is 0 Å². The molecule has 0 bridgehead atoms. The zero-order valence-electron chi connectivity index (χ0n) is 12.4. The van der Waals surface area contributed by atoms with E-state index in [1.807, 2.05) is 6.92 Å². The summed E-state index contributed by atoms with van der Waals surface area (Å²) in [6.07, 6.45) is 0.932. The molecule has 0 spiro atoms. The van der Waals surface area contributed by atoms with Crippen molar-refractivity contribution in [2.24, 2.45) is 11.8 Å². The number of hydrogen-bond acceptors (Lipinski definition) is 4. The Morgan fingerprint density at radius 3 is 2.80 bits per heavy atom. The van der Waals surface area contributed by atoms with Crippen molar-refractivity contribution < 1.29 is 12.8 Å². The van der Waals surface area contributed by atoms with E-state index in [-0.39, 0.29) is 5.09 Å². The van der Waals surface area contributed by atoms with Gasteiger partial charge in [-0.25, -0.2) is 8.42 Å². The molecule has 1 unspecified atom stereocenters. The third-order valence-corrected chi connectivity index (χ3v) is 5.65. The molecule has 6 heteroatoms. The average molecular weight is 300 g/mol. The van der Waals surface area contributed by atoms with E-state index in [4.69, 9.17) is 4.42 Å². The van der Waals surface area contributed by atoms with Gasteiger partial charge >= 0.3 is 0 Å². The molecule has 114 valence electrons. The van der Waals surface area contributed by atoms with Gasteiger partial charge in [-0.2, -0.15) is 4.31 Å². The van der Waals surface area contributed by atoms with Crippen LogP contribution in [-0.2, 0) is 16.6 Å². The van der Waals surface area contributed by atoms with E-state index >= 15 is 0 Å². The fourth-order valence-corrected chi connectivity index (χ4v) is 3.92. The summed E-state index contributed by atoms with van der Waals surface area (Å²) in [4.78, 5) is 0. The van der Waals surface area contributed by atoms with Crippen LogP contribution < -0.4 is 5.32 Å². The predicted octanol–water partition coefficient (Wildman–Crippen LogP) is 2.06. The zero-order chi connectivity index (χ0) is 14.8. The van der Waals surface area contributed by atoms with Gasteiger partial charge in [0.2, 0.25) is 5.09 Å². The molecule has 5 nitrogen and oxygen atoms in total. The highest BCUT2D eigenvalue weighted by atomic mass is 32.2. The van der Waals surface area contributed by atoms with E-state index < -0.39 is 10.0 Å². The van der Waals surface area contributed by atoms with E-state index in [0.717, 1.165) is 13.0 Å². The van der Waals surface area contributed by atoms with Gasteiger partial charge in [0.15, 0.2) is 0 Å². The SMILES string of the molecule is CCNCc1ccc(S(=O)(=O)N2CCC(C(C)C)C2)o1. The topological polar surface area (TPSA) is 62.6 Å². The van der Waals surface area contributed by atoms with Gasteiger partial charge in [-0.15, -0.1) is 0 Å². The minimum Gasteiger partial charge on any atom is -0.447 e. The molecule has 0 saturated carbocycles. The summed E-state index contributed by atoms with van der Waals surface area (Å²) in [5.74, 6) is 1.61. The summed E-state index contributed by atoms with van der Waals surface area (Å²) in [5, 5.41) is 3.18. The minimum atomic E-state index is -3.47. The van der Waals surface area contributed by atoms with Crippen LogP contribution in [0.2, 0.25) is 0 Å². The monoisotopic (exact) mass is 300 g/mol. The maximum Gasteiger partial charge on any atom is 0.276 e. The third-order valence-electron chi connectivity index (χ3n) is 3.91. The van der Waals surface area contributed by atoms with Crippen LogP contribution in [0.15, 0.2) is 21.6 Å². The Morgan fingerprint density at radius 1 is 1.45 bits per heavy atom. The summed E-state index contributed by atoms with van der Waals surface area (Å²) in [6, 6.07) is 3.29. The molecule has 1 atom stereocenters. The first-order valence-corrected chi connectivity index (χ1v) is 8.68. The quantitative estimate of drug-likeness (QED) is 0.873. The van der Waals surface area contributed by atoms with Crippen LogP contribution in [0.4, 0.5) is 0 Å². The Balaban J connectivity index is 2.09. The second-order valence-electron chi connectivity index (χ2n) is 5.66. The van der Waals surface area contributed by atoms with Gasteiger partial charge in [-0.3, -0.25) is 0 Å². The zero-order valence-corrected chi connectivity index (χ0v) is 13.2. The molecule has 1 aliphatic rings. The molecule has 0 aromatic carbocycles. The molecule has 1 fully saturated rings. The summed E-state index contributed by atoms with van der Waals surface area (Å²) in [6.45, 7) is 8.85. The molecule has 1 aromatic heterocycles. The molecular formula is C14H24N2O3S. The van der Waals surface area contributed by atoms with Gasteiger partial charge in [0.1, 0.15) is 5.76 Å². The van der Waals surface area contributed by atoms with Gasteiger partial charge in [0.25, 0.3) is 10.0 Å². The van der Waals surface area contributed by atoms with Gasteiger partial charge < -0.3 is 9.73 Å². The van der Waals surface area contributed by atoms with Crippen LogP contribution in [0.25, 0.3) is 0 Å². The number of sulfonamides is 1. The summed E-state index contributed by atoms with van der Waals surface area (Å²) in [5.41, 5.74) is 0. The fraction of sp³-hybridized carbons (Fsp3) is 0.714. The van der Waals surface area contributed by atoms with Crippen molar-refractivity contribution in [3.63, 3.8) is 0 Å². The lowest BCUT2D eigenvalue weighted by Crippen LogP contribution is -2.29. The maximum absolute atomic E-state index is 12.5. The van der Waals surface area contributed by atoms with Gasteiger partial charge in [-0.05, 0) is 36.9 Å². The Hall–Kier alpha value is -0.850. The lowest BCUT2D eigenvalue weighted by atomic mass is 9.96. The van der Waals surface area contributed by atoms with Crippen LogP contribution in [0.1, 0.15) is 33.0 Å². The number of nitrogens with zero attached hydrogens (tertiary/aromatic N) is 1. The molecule has 0 amide bonds. The Kier molecular flexibility index (Phi) is 4.88. The summed E-state index contributed by atoms with van der Waals surface area (Å²) < 4.78 is 32.0. The molecule has 2 heterocycles. The van der Waals surface area contributed by atoms with E-state index in [1.54, 1.807) is 16.4 Å². The Morgan fingerprint density at radius 2 is 2.20 bits per heavy atom. The van der Waals surface area contributed by atoms with Crippen LogP contribution >= 0.6 is 0 Å². The van der Waals surface area contributed by atoms with Gasteiger partial charge in [0, 0.05) is 13.1 Å². The fourth-order valence-electron chi connectivity index (χ4n) is 2.48. The second kappa shape index (κ2) is 6.28. The highest BCUT2D eigenvalue weighted by Gasteiger charge is 2.35. The minimum absolute atomic E-state index is 0.0646.